The standard InChI is InChI=1S/C11H10N2O7S/c14-10(15)2-1-5-12-11(16)8-4-3-7(13(17)18)6-9(8)21(12,19)20/h3-4,6H,1-2,5H2,(H,14,15). The number of sulfonamides is 1. The topological polar surface area (TPSA) is 135 Å². The molecule has 1 aromatic carbocycles. The second-order valence-electron chi connectivity index (χ2n) is 4.32. The van der Waals surface area contributed by atoms with Crippen LogP contribution in [0.5, 0.6) is 0 Å². The third kappa shape index (κ3) is 2.57. The number of amides is 1. The Labute approximate surface area is 119 Å². The molecule has 0 aliphatic carbocycles. The van der Waals surface area contributed by atoms with E-state index in [1.165, 1.54) is 0 Å². The summed E-state index contributed by atoms with van der Waals surface area (Å²) in [5.41, 5.74) is -0.576. The molecule has 1 aromatic rings. The maximum Gasteiger partial charge on any atom is 0.303 e. The monoisotopic (exact) mass is 314 g/mol. The molecule has 0 aromatic heterocycles. The summed E-state index contributed by atoms with van der Waals surface area (Å²) in [6, 6.07) is 2.97. The number of non-ortho nitro benzene ring substituents is 1. The molecule has 0 spiro atoms. The number of rotatable bonds is 5. The van der Waals surface area contributed by atoms with Crippen LogP contribution in [0.1, 0.15) is 23.2 Å². The van der Waals surface area contributed by atoms with Gasteiger partial charge in [0, 0.05) is 25.1 Å². The lowest BCUT2D eigenvalue weighted by atomic mass is 10.2. The first-order valence-corrected chi connectivity index (χ1v) is 7.26. The van der Waals surface area contributed by atoms with Gasteiger partial charge in [-0.1, -0.05) is 0 Å². The first-order valence-electron chi connectivity index (χ1n) is 5.82. The van der Waals surface area contributed by atoms with Crippen molar-refractivity contribution in [2.24, 2.45) is 0 Å². The highest BCUT2D eigenvalue weighted by Gasteiger charge is 2.41. The largest absolute Gasteiger partial charge is 0.481 e. The number of hydrogen-bond acceptors (Lipinski definition) is 6. The molecule has 2 rings (SSSR count). The maximum atomic E-state index is 12.2. The zero-order valence-corrected chi connectivity index (χ0v) is 11.4. The van der Waals surface area contributed by atoms with Gasteiger partial charge in [0.2, 0.25) is 0 Å². The molecular formula is C11H10N2O7S. The van der Waals surface area contributed by atoms with E-state index in [1.54, 1.807) is 0 Å². The zero-order valence-electron chi connectivity index (χ0n) is 10.6. The van der Waals surface area contributed by atoms with Crippen molar-refractivity contribution in [1.29, 1.82) is 0 Å². The Morgan fingerprint density at radius 1 is 1.38 bits per heavy atom. The highest BCUT2D eigenvalue weighted by molar-refractivity contribution is 7.90. The Balaban J connectivity index is 2.35. The molecule has 0 bridgehead atoms. The Morgan fingerprint density at radius 2 is 2.05 bits per heavy atom. The summed E-state index contributed by atoms with van der Waals surface area (Å²) in [6.07, 6.45) is -0.313. The third-order valence-corrected chi connectivity index (χ3v) is 4.78. The number of aliphatic carboxylic acids is 1. The molecule has 0 atom stereocenters. The van der Waals surface area contributed by atoms with Crippen LogP contribution in [-0.4, -0.2) is 41.2 Å². The fourth-order valence-electron chi connectivity index (χ4n) is 1.97. The van der Waals surface area contributed by atoms with Crippen LogP contribution in [0, 0.1) is 10.1 Å². The van der Waals surface area contributed by atoms with Gasteiger partial charge in [0.25, 0.3) is 21.6 Å². The predicted octanol–water partition coefficient (Wildman–Crippen LogP) is 0.604. The SMILES string of the molecule is O=C(O)CCCN1C(=O)c2ccc([N+](=O)[O-])cc2S1(=O)=O. The number of carbonyl (C=O) groups excluding carboxylic acids is 1. The van der Waals surface area contributed by atoms with Crippen LogP contribution in [0.2, 0.25) is 0 Å². The van der Waals surface area contributed by atoms with E-state index in [0.717, 1.165) is 18.2 Å². The maximum absolute atomic E-state index is 12.2. The van der Waals surface area contributed by atoms with E-state index in [2.05, 4.69) is 0 Å². The predicted molar refractivity (Wildman–Crippen MR) is 68.2 cm³/mol. The van der Waals surface area contributed by atoms with E-state index in [1.807, 2.05) is 0 Å². The molecule has 1 aliphatic rings. The molecule has 1 amide bonds. The van der Waals surface area contributed by atoms with Gasteiger partial charge in [-0.3, -0.25) is 19.7 Å². The van der Waals surface area contributed by atoms with Gasteiger partial charge >= 0.3 is 5.97 Å². The Hall–Kier alpha value is -2.49. The van der Waals surface area contributed by atoms with Gasteiger partial charge in [0.1, 0.15) is 4.90 Å². The Bertz CT molecular complexity index is 741. The van der Waals surface area contributed by atoms with Crippen molar-refractivity contribution in [3.8, 4) is 0 Å². The Kier molecular flexibility index (Phi) is 3.64. The normalized spacial score (nSPS) is 15.8. The second kappa shape index (κ2) is 5.13. The van der Waals surface area contributed by atoms with E-state index >= 15 is 0 Å². The summed E-state index contributed by atoms with van der Waals surface area (Å²) >= 11 is 0. The van der Waals surface area contributed by atoms with Gasteiger partial charge in [-0.25, -0.2) is 12.7 Å². The minimum atomic E-state index is -4.16. The summed E-state index contributed by atoms with van der Waals surface area (Å²) < 4.78 is 24.9. The van der Waals surface area contributed by atoms with E-state index in [4.69, 9.17) is 5.11 Å². The van der Waals surface area contributed by atoms with Crippen LogP contribution < -0.4 is 0 Å². The van der Waals surface area contributed by atoms with Crippen molar-refractivity contribution < 1.29 is 28.0 Å². The van der Waals surface area contributed by atoms with Gasteiger partial charge in [0.05, 0.1) is 10.5 Å². The first-order chi connectivity index (χ1) is 9.75. The van der Waals surface area contributed by atoms with Crippen LogP contribution in [0.3, 0.4) is 0 Å². The molecule has 0 saturated carbocycles. The van der Waals surface area contributed by atoms with Gasteiger partial charge in [0.15, 0.2) is 0 Å². The zero-order chi connectivity index (χ0) is 15.8. The van der Waals surface area contributed by atoms with Crippen LogP contribution in [-0.2, 0) is 14.8 Å². The van der Waals surface area contributed by atoms with Crippen molar-refractivity contribution in [2.75, 3.05) is 6.54 Å². The van der Waals surface area contributed by atoms with Crippen molar-refractivity contribution in [3.63, 3.8) is 0 Å². The molecule has 0 fully saturated rings. The summed E-state index contributed by atoms with van der Waals surface area (Å²) in [6.45, 7) is -0.282. The van der Waals surface area contributed by atoms with E-state index < -0.39 is 37.4 Å². The van der Waals surface area contributed by atoms with Crippen molar-refractivity contribution >= 4 is 27.6 Å². The van der Waals surface area contributed by atoms with Crippen molar-refractivity contribution in [1.82, 2.24) is 4.31 Å². The number of carbonyl (C=O) groups is 2. The number of benzene rings is 1. The molecule has 112 valence electrons. The Morgan fingerprint density at radius 3 is 2.62 bits per heavy atom. The first kappa shape index (κ1) is 14.9. The lowest BCUT2D eigenvalue weighted by molar-refractivity contribution is -0.385. The van der Waals surface area contributed by atoms with Crippen LogP contribution in [0.25, 0.3) is 0 Å². The molecule has 0 saturated heterocycles. The number of carboxylic acids is 1. The molecule has 1 N–H and O–H groups in total. The lowest BCUT2D eigenvalue weighted by Crippen LogP contribution is -2.31. The highest BCUT2D eigenvalue weighted by Crippen LogP contribution is 2.33. The minimum Gasteiger partial charge on any atom is -0.481 e. The van der Waals surface area contributed by atoms with E-state index in [9.17, 15) is 28.1 Å². The minimum absolute atomic E-state index is 0.0314. The quantitative estimate of drug-likeness (QED) is 0.621. The molecule has 21 heavy (non-hydrogen) atoms. The van der Waals surface area contributed by atoms with Gasteiger partial charge in [-0.2, -0.15) is 0 Å². The number of nitrogens with zero attached hydrogens (tertiary/aromatic N) is 2. The number of nitro benzene ring substituents is 1. The number of hydrogen-bond donors (Lipinski definition) is 1. The molecule has 1 heterocycles. The third-order valence-electron chi connectivity index (χ3n) is 2.95. The van der Waals surface area contributed by atoms with Crippen molar-refractivity contribution in [2.45, 2.75) is 17.7 Å². The summed E-state index contributed by atoms with van der Waals surface area (Å²) in [4.78, 5) is 31.9. The van der Waals surface area contributed by atoms with Crippen molar-refractivity contribution in [3.05, 3.63) is 33.9 Å². The molecular weight excluding hydrogens is 304 g/mol. The summed E-state index contributed by atoms with van der Waals surface area (Å²) in [5.74, 6) is -1.91. The average Bonchev–Trinajstić information content (AvgIpc) is 2.59. The molecule has 9 nitrogen and oxygen atoms in total. The number of carboxylic acid groups (broad SMARTS) is 1. The summed E-state index contributed by atoms with van der Waals surface area (Å²) in [7, 11) is -4.16. The van der Waals surface area contributed by atoms with Crippen LogP contribution >= 0.6 is 0 Å². The van der Waals surface area contributed by atoms with Crippen LogP contribution in [0.4, 0.5) is 5.69 Å². The fourth-order valence-corrected chi connectivity index (χ4v) is 3.60. The highest BCUT2D eigenvalue weighted by atomic mass is 32.2. The average molecular weight is 314 g/mol. The lowest BCUT2D eigenvalue weighted by Gasteiger charge is -2.13. The molecule has 1 aliphatic heterocycles. The van der Waals surface area contributed by atoms with Gasteiger partial charge in [-0.05, 0) is 12.5 Å². The smallest absolute Gasteiger partial charge is 0.303 e. The summed E-state index contributed by atoms with van der Waals surface area (Å²) in [5, 5.41) is 19.2. The number of nitro groups is 1. The molecule has 0 unspecified atom stereocenters. The van der Waals surface area contributed by atoms with Gasteiger partial charge < -0.3 is 5.11 Å². The molecule has 0 radical (unpaired) electrons. The number of fused-ring (bicyclic) bond motifs is 1. The van der Waals surface area contributed by atoms with E-state index in [-0.39, 0.29) is 24.9 Å². The van der Waals surface area contributed by atoms with E-state index in [0.29, 0.717) is 4.31 Å². The molecule has 10 heteroatoms. The second-order valence-corrected chi connectivity index (χ2v) is 6.15. The van der Waals surface area contributed by atoms with Gasteiger partial charge in [-0.15, -0.1) is 0 Å². The fraction of sp³-hybridized carbons (Fsp3) is 0.273. The van der Waals surface area contributed by atoms with Crippen LogP contribution in [0.15, 0.2) is 23.1 Å².